The van der Waals surface area contributed by atoms with Crippen LogP contribution in [-0.4, -0.2) is 48.4 Å². The third kappa shape index (κ3) is 5.88. The average Bonchev–Trinajstić information content (AvgIpc) is 2.29. The van der Waals surface area contributed by atoms with Crippen LogP contribution in [0.3, 0.4) is 0 Å². The first-order valence-corrected chi connectivity index (χ1v) is 5.23. The molecule has 0 unspecified atom stereocenters. The van der Waals surface area contributed by atoms with E-state index in [-0.39, 0.29) is 19.8 Å². The van der Waals surface area contributed by atoms with Crippen LogP contribution < -0.4 is 5.84 Å². The van der Waals surface area contributed by atoms with Crippen LogP contribution in [-0.2, 0) is 19.1 Å². The molecule has 0 heterocycles. The fourth-order valence-corrected chi connectivity index (χ4v) is 0.922. The summed E-state index contributed by atoms with van der Waals surface area (Å²) >= 11 is 0. The minimum Gasteiger partial charge on any atom is -0.500 e. The number of nitrogens with zero attached hydrogens (tertiary/aromatic N) is 1. The van der Waals surface area contributed by atoms with E-state index in [1.54, 1.807) is 13.8 Å². The topological polar surface area (TPSA) is 102 Å². The number of ether oxygens (including phenoxy) is 2. The summed E-state index contributed by atoms with van der Waals surface area (Å²) in [5, 5.41) is 9.59. The normalized spacial score (nSPS) is 11.1. The molecule has 1 amide bonds. The largest absolute Gasteiger partial charge is 0.500 e. The Morgan fingerprint density at radius 3 is 2.47 bits per heavy atom. The minimum absolute atomic E-state index is 0.115. The van der Waals surface area contributed by atoms with Gasteiger partial charge in [-0.3, -0.25) is 9.80 Å². The molecule has 0 rings (SSSR count). The molecule has 17 heavy (non-hydrogen) atoms. The van der Waals surface area contributed by atoms with Crippen molar-refractivity contribution in [2.24, 2.45) is 5.84 Å². The number of aliphatic carboxylic acids is 1. The molecular formula is C10H18N2O5. The van der Waals surface area contributed by atoms with Gasteiger partial charge in [-0.2, -0.15) is 0 Å². The van der Waals surface area contributed by atoms with Gasteiger partial charge in [-0.05, 0) is 13.8 Å². The van der Waals surface area contributed by atoms with Crippen LogP contribution in [0.4, 0.5) is 0 Å². The Morgan fingerprint density at radius 2 is 2.00 bits per heavy atom. The van der Waals surface area contributed by atoms with Gasteiger partial charge in [0, 0.05) is 6.61 Å². The number of hydrogen-bond donors (Lipinski definition) is 2. The van der Waals surface area contributed by atoms with Gasteiger partial charge in [0.05, 0.1) is 19.8 Å². The lowest BCUT2D eigenvalue weighted by Crippen LogP contribution is -2.42. The Balaban J connectivity index is 4.45. The number of nitrogens with two attached hydrogens (primary N) is 1. The molecule has 0 aliphatic carbocycles. The zero-order valence-electron chi connectivity index (χ0n) is 10.0. The molecule has 0 aromatic heterocycles. The van der Waals surface area contributed by atoms with E-state index in [1.807, 2.05) is 0 Å². The molecule has 7 nitrogen and oxygen atoms in total. The van der Waals surface area contributed by atoms with Gasteiger partial charge < -0.3 is 14.6 Å². The number of carboxylic acids is 1. The lowest BCUT2D eigenvalue weighted by Gasteiger charge is -2.16. The lowest BCUT2D eigenvalue weighted by atomic mass is 10.3. The summed E-state index contributed by atoms with van der Waals surface area (Å²) in [4.78, 5) is 22.4. The molecule has 0 bridgehead atoms. The Morgan fingerprint density at radius 1 is 1.35 bits per heavy atom. The van der Waals surface area contributed by atoms with Gasteiger partial charge >= 0.3 is 5.97 Å². The number of rotatable bonds is 8. The average molecular weight is 246 g/mol. The van der Waals surface area contributed by atoms with Crippen molar-refractivity contribution in [1.29, 1.82) is 0 Å². The second kappa shape index (κ2) is 8.54. The highest BCUT2D eigenvalue weighted by Crippen LogP contribution is 2.00. The smallest absolute Gasteiger partial charge is 0.344 e. The van der Waals surface area contributed by atoms with Crippen LogP contribution in [0.5, 0.6) is 0 Å². The molecule has 0 saturated carbocycles. The lowest BCUT2D eigenvalue weighted by molar-refractivity contribution is -0.138. The van der Waals surface area contributed by atoms with E-state index in [2.05, 4.69) is 0 Å². The Bertz CT molecular complexity index is 290. The standard InChI is InChI=1S/C10H18N2O5/c1-3-16-6-5-12(11)9(13)8(10(14)15)7-17-4-2/h7H,3-6,11H2,1-2H3,(H,14,15). The van der Waals surface area contributed by atoms with Gasteiger partial charge in [-0.1, -0.05) is 0 Å². The highest BCUT2D eigenvalue weighted by atomic mass is 16.5. The van der Waals surface area contributed by atoms with E-state index in [9.17, 15) is 9.59 Å². The van der Waals surface area contributed by atoms with Crippen LogP contribution in [0.25, 0.3) is 0 Å². The maximum Gasteiger partial charge on any atom is 0.344 e. The predicted octanol–water partition coefficient (Wildman–Crippen LogP) is -0.270. The van der Waals surface area contributed by atoms with Crippen molar-refractivity contribution in [1.82, 2.24) is 5.01 Å². The van der Waals surface area contributed by atoms with Crippen LogP contribution >= 0.6 is 0 Å². The third-order valence-electron chi connectivity index (χ3n) is 1.77. The first-order chi connectivity index (χ1) is 8.04. The second-order valence-corrected chi connectivity index (χ2v) is 2.99. The van der Waals surface area contributed by atoms with Crippen molar-refractivity contribution >= 4 is 11.9 Å². The van der Waals surface area contributed by atoms with Crippen molar-refractivity contribution in [2.75, 3.05) is 26.4 Å². The fraction of sp³-hybridized carbons (Fsp3) is 0.600. The number of carbonyl (C=O) groups is 2. The summed E-state index contributed by atoms with van der Waals surface area (Å²) in [5.41, 5.74) is -0.508. The van der Waals surface area contributed by atoms with Gasteiger partial charge in [-0.15, -0.1) is 0 Å². The highest BCUT2D eigenvalue weighted by Gasteiger charge is 2.22. The zero-order valence-corrected chi connectivity index (χ0v) is 10.0. The molecule has 0 spiro atoms. The number of carbonyl (C=O) groups excluding carboxylic acids is 1. The molecule has 0 aliphatic heterocycles. The minimum atomic E-state index is -1.38. The molecule has 0 aromatic carbocycles. The van der Waals surface area contributed by atoms with E-state index in [4.69, 9.17) is 20.4 Å². The molecule has 0 aromatic rings. The quantitative estimate of drug-likeness (QED) is 0.0893. The van der Waals surface area contributed by atoms with E-state index < -0.39 is 17.4 Å². The Labute approximate surface area is 99.7 Å². The van der Waals surface area contributed by atoms with Crippen molar-refractivity contribution in [3.05, 3.63) is 11.8 Å². The SMILES string of the molecule is CCOC=C(C(=O)O)C(=O)N(N)CCOCC. The van der Waals surface area contributed by atoms with Gasteiger partial charge in [0.1, 0.15) is 6.26 Å². The van der Waals surface area contributed by atoms with E-state index in [0.717, 1.165) is 11.3 Å². The second-order valence-electron chi connectivity index (χ2n) is 2.99. The number of amides is 1. The molecule has 98 valence electrons. The summed E-state index contributed by atoms with van der Waals surface area (Å²) in [6.45, 7) is 4.62. The molecule has 0 radical (unpaired) electrons. The van der Waals surface area contributed by atoms with Crippen LogP contribution in [0, 0.1) is 0 Å². The molecule has 7 heteroatoms. The monoisotopic (exact) mass is 246 g/mol. The summed E-state index contributed by atoms with van der Waals surface area (Å²) in [6.07, 6.45) is 0.894. The fourth-order valence-electron chi connectivity index (χ4n) is 0.922. The zero-order chi connectivity index (χ0) is 13.3. The van der Waals surface area contributed by atoms with Gasteiger partial charge in [0.25, 0.3) is 5.91 Å². The van der Waals surface area contributed by atoms with E-state index >= 15 is 0 Å². The molecular weight excluding hydrogens is 228 g/mol. The Hall–Kier alpha value is -1.60. The van der Waals surface area contributed by atoms with Crippen LogP contribution in [0.1, 0.15) is 13.8 Å². The van der Waals surface area contributed by atoms with E-state index in [0.29, 0.717) is 6.61 Å². The third-order valence-corrected chi connectivity index (χ3v) is 1.77. The summed E-state index contributed by atoms with van der Waals surface area (Å²) < 4.78 is 9.78. The van der Waals surface area contributed by atoms with Crippen LogP contribution in [0.2, 0.25) is 0 Å². The van der Waals surface area contributed by atoms with Crippen molar-refractivity contribution < 1.29 is 24.2 Å². The molecule has 0 aliphatic rings. The van der Waals surface area contributed by atoms with Gasteiger partial charge in [-0.25, -0.2) is 10.6 Å². The van der Waals surface area contributed by atoms with Gasteiger partial charge in [0.15, 0.2) is 5.57 Å². The molecule has 0 atom stereocenters. The van der Waals surface area contributed by atoms with Crippen LogP contribution in [0.15, 0.2) is 11.8 Å². The number of carboxylic acid groups (broad SMARTS) is 1. The van der Waals surface area contributed by atoms with Gasteiger partial charge in [0.2, 0.25) is 0 Å². The molecule has 3 N–H and O–H groups in total. The van der Waals surface area contributed by atoms with Crippen molar-refractivity contribution in [3.63, 3.8) is 0 Å². The number of hydrogen-bond acceptors (Lipinski definition) is 5. The number of hydrazine groups is 1. The van der Waals surface area contributed by atoms with Crippen molar-refractivity contribution in [2.45, 2.75) is 13.8 Å². The van der Waals surface area contributed by atoms with E-state index in [1.165, 1.54) is 0 Å². The Kier molecular flexibility index (Phi) is 7.74. The highest BCUT2D eigenvalue weighted by molar-refractivity contribution is 6.15. The molecule has 0 saturated heterocycles. The maximum absolute atomic E-state index is 11.6. The summed E-state index contributed by atoms with van der Waals surface area (Å²) in [5.74, 6) is 3.22. The van der Waals surface area contributed by atoms with Crippen molar-refractivity contribution in [3.8, 4) is 0 Å². The summed E-state index contributed by atoms with van der Waals surface area (Å²) in [7, 11) is 0. The summed E-state index contributed by atoms with van der Waals surface area (Å²) in [6, 6.07) is 0. The maximum atomic E-state index is 11.6. The first kappa shape index (κ1) is 15.4. The predicted molar refractivity (Wildman–Crippen MR) is 59.7 cm³/mol. The first-order valence-electron chi connectivity index (χ1n) is 5.23. The molecule has 0 fully saturated rings.